The number of thiophene rings is 1. The van der Waals surface area contributed by atoms with E-state index in [4.69, 9.17) is 0 Å². The van der Waals surface area contributed by atoms with Crippen molar-refractivity contribution in [2.45, 2.75) is 31.2 Å². The van der Waals surface area contributed by atoms with Crippen molar-refractivity contribution in [1.82, 2.24) is 0 Å². The van der Waals surface area contributed by atoms with Crippen molar-refractivity contribution < 1.29 is 13.3 Å². The maximum absolute atomic E-state index is 11.6. The molecule has 2 rings (SSSR count). The lowest BCUT2D eigenvalue weighted by atomic mass is 10.0. The van der Waals surface area contributed by atoms with Crippen LogP contribution in [0.4, 0.5) is 11.4 Å². The summed E-state index contributed by atoms with van der Waals surface area (Å²) in [5, 5.41) is 16.5. The van der Waals surface area contributed by atoms with Gasteiger partial charge in [0.2, 0.25) is 0 Å². The molecule has 0 spiro atoms. The van der Waals surface area contributed by atoms with Gasteiger partial charge in [0.25, 0.3) is 5.69 Å². The molecule has 1 heterocycles. The molecule has 0 saturated carbocycles. The zero-order valence-corrected chi connectivity index (χ0v) is 15.4. The van der Waals surface area contributed by atoms with Gasteiger partial charge in [0, 0.05) is 17.2 Å². The Bertz CT molecular complexity index is 815. The first-order valence-electron chi connectivity index (χ1n) is 7.47. The van der Waals surface area contributed by atoms with Crippen LogP contribution < -0.4 is 5.32 Å². The molecule has 1 N–H and O–H groups in total. The van der Waals surface area contributed by atoms with Gasteiger partial charge < -0.3 is 5.32 Å². The topological polar surface area (TPSA) is 89.3 Å². The fourth-order valence-electron chi connectivity index (χ4n) is 2.41. The van der Waals surface area contributed by atoms with E-state index in [0.717, 1.165) is 23.6 Å². The molecular weight excluding hydrogens is 348 g/mol. The number of hydrogen-bond acceptors (Lipinski definition) is 6. The Balaban J connectivity index is 2.41. The first kappa shape index (κ1) is 18.4. The van der Waals surface area contributed by atoms with E-state index in [2.05, 4.69) is 19.2 Å². The summed E-state index contributed by atoms with van der Waals surface area (Å²) < 4.78 is 23.3. The molecular formula is C16H20N2O4S2. The smallest absolute Gasteiger partial charge is 0.293 e. The van der Waals surface area contributed by atoms with Crippen LogP contribution in [-0.2, 0) is 9.84 Å². The maximum atomic E-state index is 11.6. The van der Waals surface area contributed by atoms with Gasteiger partial charge in [0.1, 0.15) is 5.69 Å². The summed E-state index contributed by atoms with van der Waals surface area (Å²) in [4.78, 5) is 11.8. The lowest BCUT2D eigenvalue weighted by molar-refractivity contribution is -0.384. The minimum Gasteiger partial charge on any atom is -0.372 e. The number of nitrogens with zero attached hydrogens (tertiary/aromatic N) is 1. The van der Waals surface area contributed by atoms with Crippen molar-refractivity contribution in [3.05, 3.63) is 50.7 Å². The average molecular weight is 368 g/mol. The van der Waals surface area contributed by atoms with E-state index in [0.29, 0.717) is 11.6 Å². The van der Waals surface area contributed by atoms with Gasteiger partial charge in [-0.1, -0.05) is 19.9 Å². The highest BCUT2D eigenvalue weighted by atomic mass is 32.2. The third-order valence-electron chi connectivity index (χ3n) is 3.52. The lowest BCUT2D eigenvalue weighted by Gasteiger charge is -2.21. The minimum atomic E-state index is -3.50. The molecule has 0 radical (unpaired) electrons. The normalized spacial score (nSPS) is 13.0. The van der Waals surface area contributed by atoms with Gasteiger partial charge in [-0.05, 0) is 35.9 Å². The average Bonchev–Trinajstić information content (AvgIpc) is 2.99. The molecule has 1 unspecified atom stereocenters. The van der Waals surface area contributed by atoms with Crippen molar-refractivity contribution >= 4 is 32.5 Å². The predicted octanol–water partition coefficient (Wildman–Crippen LogP) is 4.26. The molecule has 1 atom stereocenters. The van der Waals surface area contributed by atoms with E-state index in [9.17, 15) is 18.5 Å². The lowest BCUT2D eigenvalue weighted by Crippen LogP contribution is -2.13. The van der Waals surface area contributed by atoms with Crippen LogP contribution in [0, 0.1) is 16.0 Å². The molecule has 1 aromatic carbocycles. The van der Waals surface area contributed by atoms with Crippen LogP contribution in [0.5, 0.6) is 0 Å². The SMILES string of the molecule is CC(C)CC(Nc1ccc(S(C)(=O)=O)cc1[N+](=O)[O-])c1cccs1. The monoisotopic (exact) mass is 368 g/mol. The fraction of sp³-hybridized carbons (Fsp3) is 0.375. The number of nitrogens with one attached hydrogen (secondary N) is 1. The molecule has 0 fully saturated rings. The second-order valence-electron chi connectivity index (χ2n) is 6.05. The van der Waals surface area contributed by atoms with Gasteiger partial charge in [-0.15, -0.1) is 11.3 Å². The molecule has 0 aliphatic carbocycles. The van der Waals surface area contributed by atoms with Crippen LogP contribution >= 0.6 is 11.3 Å². The number of nitro benzene ring substituents is 1. The maximum Gasteiger partial charge on any atom is 0.293 e. The van der Waals surface area contributed by atoms with Gasteiger partial charge >= 0.3 is 0 Å². The molecule has 1 aromatic heterocycles. The molecule has 6 nitrogen and oxygen atoms in total. The Kier molecular flexibility index (Phi) is 5.61. The van der Waals surface area contributed by atoms with E-state index >= 15 is 0 Å². The van der Waals surface area contributed by atoms with E-state index < -0.39 is 14.8 Å². The van der Waals surface area contributed by atoms with Gasteiger partial charge in [0.15, 0.2) is 9.84 Å². The first-order chi connectivity index (χ1) is 11.2. The molecule has 8 heteroatoms. The van der Waals surface area contributed by atoms with E-state index in [1.54, 1.807) is 11.3 Å². The standard InChI is InChI=1S/C16H20N2O4S2/c1-11(2)9-14(16-5-4-8-23-16)17-13-7-6-12(24(3,21)22)10-15(13)18(19)20/h4-8,10-11,14,17H,9H2,1-3H3. The number of benzene rings is 1. The highest BCUT2D eigenvalue weighted by Gasteiger charge is 2.22. The quantitative estimate of drug-likeness (QED) is 0.582. The number of nitro groups is 1. The Morgan fingerprint density at radius 3 is 2.50 bits per heavy atom. The fourth-order valence-corrected chi connectivity index (χ4v) is 3.84. The van der Waals surface area contributed by atoms with Crippen molar-refractivity contribution in [3.8, 4) is 0 Å². The van der Waals surface area contributed by atoms with Crippen LogP contribution in [0.1, 0.15) is 31.2 Å². The Morgan fingerprint density at radius 1 is 1.29 bits per heavy atom. The van der Waals surface area contributed by atoms with Crippen LogP contribution in [-0.4, -0.2) is 19.6 Å². The van der Waals surface area contributed by atoms with Gasteiger partial charge in [0.05, 0.1) is 15.9 Å². The second-order valence-corrected chi connectivity index (χ2v) is 9.05. The van der Waals surface area contributed by atoms with Crippen LogP contribution in [0.15, 0.2) is 40.6 Å². The van der Waals surface area contributed by atoms with Gasteiger partial charge in [-0.2, -0.15) is 0 Å². The Morgan fingerprint density at radius 2 is 2.00 bits per heavy atom. The summed E-state index contributed by atoms with van der Waals surface area (Å²) in [6.07, 6.45) is 1.85. The van der Waals surface area contributed by atoms with Crippen molar-refractivity contribution in [2.75, 3.05) is 11.6 Å². The van der Waals surface area contributed by atoms with Crippen molar-refractivity contribution in [1.29, 1.82) is 0 Å². The molecule has 130 valence electrons. The molecule has 24 heavy (non-hydrogen) atoms. The minimum absolute atomic E-state index is 0.0590. The van der Waals surface area contributed by atoms with Gasteiger partial charge in [-0.25, -0.2) is 8.42 Å². The zero-order chi connectivity index (χ0) is 17.9. The molecule has 0 aliphatic rings. The largest absolute Gasteiger partial charge is 0.372 e. The highest BCUT2D eigenvalue weighted by molar-refractivity contribution is 7.90. The van der Waals surface area contributed by atoms with Crippen LogP contribution in [0.3, 0.4) is 0 Å². The summed E-state index contributed by atoms with van der Waals surface area (Å²) in [5.41, 5.74) is 0.0923. The van der Waals surface area contributed by atoms with Crippen LogP contribution in [0.2, 0.25) is 0 Å². The molecule has 0 bridgehead atoms. The first-order valence-corrected chi connectivity index (χ1v) is 10.2. The summed E-state index contributed by atoms with van der Waals surface area (Å²) in [5.74, 6) is 0.402. The predicted molar refractivity (Wildman–Crippen MR) is 96.3 cm³/mol. The van der Waals surface area contributed by atoms with Crippen molar-refractivity contribution in [2.24, 2.45) is 5.92 Å². The summed E-state index contributed by atoms with van der Waals surface area (Å²) >= 11 is 1.59. The zero-order valence-electron chi connectivity index (χ0n) is 13.7. The van der Waals surface area contributed by atoms with Crippen LogP contribution in [0.25, 0.3) is 0 Å². The number of sulfone groups is 1. The number of anilines is 1. The van der Waals surface area contributed by atoms with Gasteiger partial charge in [-0.3, -0.25) is 10.1 Å². The van der Waals surface area contributed by atoms with E-state index in [1.165, 1.54) is 12.1 Å². The molecule has 0 saturated heterocycles. The molecule has 0 amide bonds. The Hall–Kier alpha value is -1.93. The number of hydrogen-bond donors (Lipinski definition) is 1. The summed E-state index contributed by atoms with van der Waals surface area (Å²) in [7, 11) is -3.50. The number of rotatable bonds is 7. The third kappa shape index (κ3) is 4.55. The Labute approximate surface area is 145 Å². The van der Waals surface area contributed by atoms with E-state index in [-0.39, 0.29) is 16.6 Å². The second kappa shape index (κ2) is 7.31. The third-order valence-corrected chi connectivity index (χ3v) is 5.61. The summed E-state index contributed by atoms with van der Waals surface area (Å²) in [6, 6.07) is 7.84. The van der Waals surface area contributed by atoms with E-state index in [1.807, 2.05) is 17.5 Å². The molecule has 0 aliphatic heterocycles. The molecule has 2 aromatic rings. The van der Waals surface area contributed by atoms with Crippen molar-refractivity contribution in [3.63, 3.8) is 0 Å². The highest BCUT2D eigenvalue weighted by Crippen LogP contribution is 2.34. The summed E-state index contributed by atoms with van der Waals surface area (Å²) in [6.45, 7) is 4.17.